The molecule has 19 heavy (non-hydrogen) atoms. The minimum absolute atomic E-state index is 0.230. The summed E-state index contributed by atoms with van der Waals surface area (Å²) < 4.78 is 5.06. The lowest BCUT2D eigenvalue weighted by atomic mass is 10.2. The zero-order chi connectivity index (χ0) is 14.9. The van der Waals surface area contributed by atoms with Crippen LogP contribution in [-0.2, 0) is 14.3 Å². The van der Waals surface area contributed by atoms with Gasteiger partial charge in [0.1, 0.15) is 17.9 Å². The van der Waals surface area contributed by atoms with Gasteiger partial charge in [0.2, 0.25) is 5.91 Å². The Kier molecular flexibility index (Phi) is 7.74. The van der Waals surface area contributed by atoms with Gasteiger partial charge in [-0.25, -0.2) is 4.79 Å². The molecule has 0 aliphatic rings. The number of nitrogens with two attached hydrogens (primary N) is 1. The van der Waals surface area contributed by atoms with Crippen LogP contribution in [0.2, 0.25) is 0 Å². The molecule has 0 saturated carbocycles. The molecule has 4 N–H and O–H groups in total. The zero-order valence-electron chi connectivity index (χ0n) is 11.7. The molecular weight excluding hydrogens is 250 g/mol. The third kappa shape index (κ3) is 9.01. The Balaban J connectivity index is 4.34. The SMILES string of the molecule is CC(C)(C)OC(=O)NC(CCN)C(=O)NCCC=O. The van der Waals surface area contributed by atoms with E-state index in [1.54, 1.807) is 20.8 Å². The number of aldehydes is 1. The number of ether oxygens (including phenoxy) is 1. The first-order valence-corrected chi connectivity index (χ1v) is 6.21. The van der Waals surface area contributed by atoms with Crippen LogP contribution in [-0.4, -0.2) is 43.0 Å². The minimum atomic E-state index is -0.758. The monoisotopic (exact) mass is 273 g/mol. The van der Waals surface area contributed by atoms with Gasteiger partial charge < -0.3 is 25.9 Å². The van der Waals surface area contributed by atoms with Gasteiger partial charge in [-0.15, -0.1) is 0 Å². The van der Waals surface area contributed by atoms with Crippen LogP contribution in [0.5, 0.6) is 0 Å². The van der Waals surface area contributed by atoms with Crippen LogP contribution in [0.15, 0.2) is 0 Å². The summed E-state index contributed by atoms with van der Waals surface area (Å²) in [5.74, 6) is -0.377. The van der Waals surface area contributed by atoms with E-state index >= 15 is 0 Å². The van der Waals surface area contributed by atoms with Gasteiger partial charge in [0, 0.05) is 13.0 Å². The quantitative estimate of drug-likeness (QED) is 0.444. The van der Waals surface area contributed by atoms with Crippen LogP contribution in [0.3, 0.4) is 0 Å². The third-order valence-corrected chi connectivity index (χ3v) is 2.02. The fraction of sp³-hybridized carbons (Fsp3) is 0.750. The normalized spacial score (nSPS) is 12.4. The van der Waals surface area contributed by atoms with Gasteiger partial charge in [-0.3, -0.25) is 4.79 Å². The fourth-order valence-corrected chi connectivity index (χ4v) is 1.26. The average molecular weight is 273 g/mol. The lowest BCUT2D eigenvalue weighted by molar-refractivity contribution is -0.123. The molecule has 7 nitrogen and oxygen atoms in total. The number of carbonyl (C=O) groups is 3. The largest absolute Gasteiger partial charge is 0.444 e. The van der Waals surface area contributed by atoms with E-state index in [0.29, 0.717) is 12.7 Å². The number of hydrogen-bond acceptors (Lipinski definition) is 5. The second-order valence-electron chi connectivity index (χ2n) is 5.02. The van der Waals surface area contributed by atoms with Gasteiger partial charge in [0.25, 0.3) is 0 Å². The molecule has 1 atom stereocenters. The Labute approximate surface area is 113 Å². The number of amides is 2. The summed E-state index contributed by atoms with van der Waals surface area (Å²) in [4.78, 5) is 33.5. The molecule has 0 heterocycles. The second-order valence-corrected chi connectivity index (χ2v) is 5.02. The Bertz CT molecular complexity index is 313. The van der Waals surface area contributed by atoms with Crippen LogP contribution in [0.1, 0.15) is 33.6 Å². The van der Waals surface area contributed by atoms with E-state index in [0.717, 1.165) is 0 Å². The fourth-order valence-electron chi connectivity index (χ4n) is 1.26. The molecule has 7 heteroatoms. The van der Waals surface area contributed by atoms with E-state index in [9.17, 15) is 14.4 Å². The number of nitrogens with one attached hydrogen (secondary N) is 2. The van der Waals surface area contributed by atoms with Crippen molar-refractivity contribution in [3.8, 4) is 0 Å². The molecule has 0 aliphatic heterocycles. The van der Waals surface area contributed by atoms with E-state index in [4.69, 9.17) is 10.5 Å². The molecule has 0 aromatic carbocycles. The van der Waals surface area contributed by atoms with Crippen molar-refractivity contribution in [1.82, 2.24) is 10.6 Å². The first kappa shape index (κ1) is 17.4. The van der Waals surface area contributed by atoms with E-state index in [-0.39, 0.29) is 25.4 Å². The molecule has 0 aromatic rings. The topological polar surface area (TPSA) is 111 Å². The molecule has 0 fully saturated rings. The van der Waals surface area contributed by atoms with Crippen LogP contribution in [0.25, 0.3) is 0 Å². The molecule has 0 spiro atoms. The summed E-state index contributed by atoms with van der Waals surface area (Å²) in [5, 5.41) is 5.00. The first-order valence-electron chi connectivity index (χ1n) is 6.21. The summed E-state index contributed by atoms with van der Waals surface area (Å²) in [5.41, 5.74) is 4.76. The number of rotatable bonds is 7. The highest BCUT2D eigenvalue weighted by atomic mass is 16.6. The Hall–Kier alpha value is -1.63. The van der Waals surface area contributed by atoms with Crippen LogP contribution < -0.4 is 16.4 Å². The van der Waals surface area contributed by atoms with Crippen molar-refractivity contribution in [2.45, 2.75) is 45.3 Å². The highest BCUT2D eigenvalue weighted by molar-refractivity contribution is 5.85. The lowest BCUT2D eigenvalue weighted by Gasteiger charge is -2.23. The van der Waals surface area contributed by atoms with Gasteiger partial charge in [0.05, 0.1) is 0 Å². The first-order chi connectivity index (χ1) is 8.80. The maximum atomic E-state index is 11.8. The Morgan fingerprint density at radius 3 is 2.47 bits per heavy atom. The molecule has 0 saturated heterocycles. The lowest BCUT2D eigenvalue weighted by Crippen LogP contribution is -2.49. The van der Waals surface area contributed by atoms with Gasteiger partial charge >= 0.3 is 6.09 Å². The summed E-state index contributed by atoms with van der Waals surface area (Å²) >= 11 is 0. The molecule has 0 bridgehead atoms. The van der Waals surface area contributed by atoms with Crippen molar-refractivity contribution in [2.75, 3.05) is 13.1 Å². The van der Waals surface area contributed by atoms with Gasteiger partial charge in [-0.05, 0) is 33.7 Å². The predicted molar refractivity (Wildman–Crippen MR) is 70.5 cm³/mol. The van der Waals surface area contributed by atoms with E-state index in [2.05, 4.69) is 10.6 Å². The van der Waals surface area contributed by atoms with Crippen LogP contribution in [0, 0.1) is 0 Å². The van der Waals surface area contributed by atoms with Gasteiger partial charge in [0.15, 0.2) is 0 Å². The van der Waals surface area contributed by atoms with Gasteiger partial charge in [-0.2, -0.15) is 0 Å². The van der Waals surface area contributed by atoms with Crippen molar-refractivity contribution in [2.24, 2.45) is 5.73 Å². The standard InChI is InChI=1S/C12H23N3O4/c1-12(2,3)19-11(18)15-9(5-6-13)10(17)14-7-4-8-16/h8-9H,4-7,13H2,1-3H3,(H,14,17)(H,15,18). The maximum Gasteiger partial charge on any atom is 0.408 e. The molecule has 0 aliphatic carbocycles. The molecule has 0 aromatic heterocycles. The van der Waals surface area contributed by atoms with Crippen molar-refractivity contribution in [1.29, 1.82) is 0 Å². The number of hydrogen-bond donors (Lipinski definition) is 3. The van der Waals surface area contributed by atoms with E-state index in [1.807, 2.05) is 0 Å². The van der Waals surface area contributed by atoms with Crippen LogP contribution in [0.4, 0.5) is 4.79 Å². The minimum Gasteiger partial charge on any atom is -0.444 e. The molecule has 1 unspecified atom stereocenters. The molecular formula is C12H23N3O4. The molecule has 0 rings (SSSR count). The smallest absolute Gasteiger partial charge is 0.408 e. The van der Waals surface area contributed by atoms with Crippen molar-refractivity contribution >= 4 is 18.3 Å². The second kappa shape index (κ2) is 8.47. The Morgan fingerprint density at radius 1 is 1.37 bits per heavy atom. The highest BCUT2D eigenvalue weighted by Gasteiger charge is 2.23. The maximum absolute atomic E-state index is 11.8. The predicted octanol–water partition coefficient (Wildman–Crippen LogP) is -0.0663. The molecule has 110 valence electrons. The van der Waals surface area contributed by atoms with Crippen molar-refractivity contribution in [3.05, 3.63) is 0 Å². The summed E-state index contributed by atoms with van der Waals surface area (Å²) in [6.45, 7) is 5.68. The zero-order valence-corrected chi connectivity index (χ0v) is 11.7. The molecule has 0 radical (unpaired) electrons. The summed E-state index contributed by atoms with van der Waals surface area (Å²) in [6.07, 6.45) is 0.565. The average Bonchev–Trinajstić information content (AvgIpc) is 2.26. The van der Waals surface area contributed by atoms with Crippen molar-refractivity contribution < 1.29 is 19.1 Å². The van der Waals surface area contributed by atoms with E-state index in [1.165, 1.54) is 0 Å². The summed E-state index contributed by atoms with van der Waals surface area (Å²) in [6, 6.07) is -0.758. The number of alkyl carbamates (subject to hydrolysis) is 1. The molecule has 2 amide bonds. The number of carbonyl (C=O) groups excluding carboxylic acids is 3. The van der Waals surface area contributed by atoms with Gasteiger partial charge in [-0.1, -0.05) is 0 Å². The van der Waals surface area contributed by atoms with Crippen molar-refractivity contribution in [3.63, 3.8) is 0 Å². The van der Waals surface area contributed by atoms with Crippen LogP contribution >= 0.6 is 0 Å². The highest BCUT2D eigenvalue weighted by Crippen LogP contribution is 2.07. The summed E-state index contributed by atoms with van der Waals surface area (Å²) in [7, 11) is 0. The third-order valence-electron chi connectivity index (χ3n) is 2.02. The Morgan fingerprint density at radius 2 is 2.00 bits per heavy atom. The van der Waals surface area contributed by atoms with E-state index < -0.39 is 17.7 Å².